The molecule has 0 aliphatic rings. The Morgan fingerprint density at radius 3 is 2.36 bits per heavy atom. The number of amides is 1. The summed E-state index contributed by atoms with van der Waals surface area (Å²) in [6.45, 7) is 4.43. The third kappa shape index (κ3) is 4.55. The smallest absolute Gasteiger partial charge is 0.226 e. The number of hydrogen-bond donors (Lipinski definition) is 2. The number of carbonyl (C=O) groups is 1. The molecule has 0 aromatic heterocycles. The van der Waals surface area contributed by atoms with Gasteiger partial charge in [0.15, 0.2) is 0 Å². The standard InChI is InChI=1S/C17H18F2N2O/c1-11-7-12(2)9-14(8-11)20-6-5-17(22)21-16-4-3-13(18)10-15(16)19/h3-4,7-10,20H,5-6H2,1-2H3,(H,21,22). The quantitative estimate of drug-likeness (QED) is 0.876. The van der Waals surface area contributed by atoms with Crippen molar-refractivity contribution in [1.29, 1.82) is 0 Å². The third-order valence-corrected chi connectivity index (χ3v) is 3.11. The Kier molecular flexibility index (Phi) is 5.09. The van der Waals surface area contributed by atoms with Gasteiger partial charge in [0, 0.05) is 24.7 Å². The van der Waals surface area contributed by atoms with E-state index in [1.807, 2.05) is 26.0 Å². The van der Waals surface area contributed by atoms with Crippen LogP contribution in [0.5, 0.6) is 0 Å². The lowest BCUT2D eigenvalue weighted by Gasteiger charge is -2.09. The minimum atomic E-state index is -0.782. The van der Waals surface area contributed by atoms with Gasteiger partial charge in [0.25, 0.3) is 0 Å². The lowest BCUT2D eigenvalue weighted by atomic mass is 10.1. The van der Waals surface area contributed by atoms with Gasteiger partial charge in [-0.25, -0.2) is 8.78 Å². The van der Waals surface area contributed by atoms with Gasteiger partial charge in [0.05, 0.1) is 5.69 Å². The van der Waals surface area contributed by atoms with Crippen LogP contribution in [-0.2, 0) is 4.79 Å². The number of hydrogen-bond acceptors (Lipinski definition) is 2. The van der Waals surface area contributed by atoms with E-state index in [1.54, 1.807) is 0 Å². The van der Waals surface area contributed by atoms with Gasteiger partial charge in [-0.1, -0.05) is 6.07 Å². The van der Waals surface area contributed by atoms with E-state index in [4.69, 9.17) is 0 Å². The van der Waals surface area contributed by atoms with Crippen LogP contribution in [0.4, 0.5) is 20.2 Å². The van der Waals surface area contributed by atoms with Crippen molar-refractivity contribution in [2.75, 3.05) is 17.2 Å². The molecule has 0 saturated carbocycles. The molecule has 1 amide bonds. The number of anilines is 2. The summed E-state index contributed by atoms with van der Waals surface area (Å²) >= 11 is 0. The average molecular weight is 304 g/mol. The monoisotopic (exact) mass is 304 g/mol. The number of aryl methyl sites for hydroxylation is 2. The second-order valence-electron chi connectivity index (χ2n) is 5.23. The SMILES string of the molecule is Cc1cc(C)cc(NCCC(=O)Nc2ccc(F)cc2F)c1. The van der Waals surface area contributed by atoms with Crippen LogP contribution in [0.3, 0.4) is 0 Å². The molecular formula is C17H18F2N2O. The van der Waals surface area contributed by atoms with Crippen LogP contribution in [0, 0.1) is 25.5 Å². The normalized spacial score (nSPS) is 10.4. The summed E-state index contributed by atoms with van der Waals surface area (Å²) in [5.41, 5.74) is 3.21. The summed E-state index contributed by atoms with van der Waals surface area (Å²) in [5.74, 6) is -1.79. The van der Waals surface area contributed by atoms with Gasteiger partial charge in [-0.05, 0) is 49.2 Å². The van der Waals surface area contributed by atoms with E-state index in [1.165, 1.54) is 6.07 Å². The topological polar surface area (TPSA) is 41.1 Å². The fourth-order valence-corrected chi connectivity index (χ4v) is 2.20. The highest BCUT2D eigenvalue weighted by Gasteiger charge is 2.07. The fraction of sp³-hybridized carbons (Fsp3) is 0.235. The first-order valence-electron chi connectivity index (χ1n) is 7.01. The van der Waals surface area contributed by atoms with Crippen molar-refractivity contribution in [2.45, 2.75) is 20.3 Å². The predicted molar refractivity (Wildman–Crippen MR) is 84.0 cm³/mol. The number of benzene rings is 2. The zero-order chi connectivity index (χ0) is 16.1. The average Bonchev–Trinajstić information content (AvgIpc) is 2.41. The molecule has 0 bridgehead atoms. The Labute approximate surface area is 128 Å². The minimum Gasteiger partial charge on any atom is -0.385 e. The molecule has 2 N–H and O–H groups in total. The Morgan fingerprint density at radius 2 is 1.73 bits per heavy atom. The Hall–Kier alpha value is -2.43. The summed E-state index contributed by atoms with van der Waals surface area (Å²) < 4.78 is 26.2. The first-order valence-corrected chi connectivity index (χ1v) is 7.01. The van der Waals surface area contributed by atoms with Crippen molar-refractivity contribution >= 4 is 17.3 Å². The van der Waals surface area contributed by atoms with Gasteiger partial charge < -0.3 is 10.6 Å². The molecule has 3 nitrogen and oxygen atoms in total. The number of carbonyl (C=O) groups excluding carboxylic acids is 1. The van der Waals surface area contributed by atoms with Crippen molar-refractivity contribution in [1.82, 2.24) is 0 Å². The fourth-order valence-electron chi connectivity index (χ4n) is 2.20. The number of halogens is 2. The summed E-state index contributed by atoms with van der Waals surface area (Å²) in [4.78, 5) is 11.8. The second kappa shape index (κ2) is 7.02. The van der Waals surface area contributed by atoms with Crippen LogP contribution in [0.1, 0.15) is 17.5 Å². The molecule has 0 saturated heterocycles. The van der Waals surface area contributed by atoms with Crippen molar-refractivity contribution in [3.05, 3.63) is 59.2 Å². The molecule has 0 atom stereocenters. The second-order valence-corrected chi connectivity index (χ2v) is 5.23. The van der Waals surface area contributed by atoms with Crippen LogP contribution in [0.25, 0.3) is 0 Å². The maximum atomic E-state index is 13.4. The number of rotatable bonds is 5. The maximum absolute atomic E-state index is 13.4. The van der Waals surface area contributed by atoms with Crippen molar-refractivity contribution in [3.8, 4) is 0 Å². The van der Waals surface area contributed by atoms with E-state index in [-0.39, 0.29) is 18.0 Å². The maximum Gasteiger partial charge on any atom is 0.226 e. The lowest BCUT2D eigenvalue weighted by Crippen LogP contribution is -2.17. The molecule has 0 spiro atoms. The molecule has 2 aromatic rings. The van der Waals surface area contributed by atoms with Gasteiger partial charge in [0.2, 0.25) is 5.91 Å². The van der Waals surface area contributed by atoms with Crippen molar-refractivity contribution in [2.24, 2.45) is 0 Å². The molecule has 2 rings (SSSR count). The van der Waals surface area contributed by atoms with Gasteiger partial charge in [0.1, 0.15) is 11.6 Å². The van der Waals surface area contributed by atoms with Crippen molar-refractivity contribution in [3.63, 3.8) is 0 Å². The summed E-state index contributed by atoms with van der Waals surface area (Å²) in [5, 5.41) is 5.58. The van der Waals surface area contributed by atoms with Gasteiger partial charge in [-0.3, -0.25) is 4.79 Å². The van der Waals surface area contributed by atoms with Crippen LogP contribution in [0.15, 0.2) is 36.4 Å². The Bertz CT molecular complexity index is 666. The van der Waals surface area contributed by atoms with E-state index < -0.39 is 11.6 Å². The van der Waals surface area contributed by atoms with Crippen molar-refractivity contribution < 1.29 is 13.6 Å². The Balaban J connectivity index is 1.85. The highest BCUT2D eigenvalue weighted by molar-refractivity contribution is 5.91. The van der Waals surface area contributed by atoms with Crippen LogP contribution in [-0.4, -0.2) is 12.5 Å². The van der Waals surface area contributed by atoms with E-state index in [2.05, 4.69) is 16.7 Å². The minimum absolute atomic E-state index is 0.0159. The molecule has 0 heterocycles. The third-order valence-electron chi connectivity index (χ3n) is 3.11. The first-order chi connectivity index (χ1) is 10.4. The Morgan fingerprint density at radius 1 is 1.05 bits per heavy atom. The molecular weight excluding hydrogens is 286 g/mol. The molecule has 0 aliphatic heterocycles. The van der Waals surface area contributed by atoms with E-state index in [0.717, 1.165) is 28.9 Å². The molecule has 116 valence electrons. The molecule has 0 aliphatic carbocycles. The summed E-state index contributed by atoms with van der Waals surface area (Å²) in [6, 6.07) is 9.10. The predicted octanol–water partition coefficient (Wildman–Crippen LogP) is 4.02. The zero-order valence-corrected chi connectivity index (χ0v) is 12.5. The molecule has 2 aromatic carbocycles. The van der Waals surface area contributed by atoms with Crippen LogP contribution < -0.4 is 10.6 Å². The van der Waals surface area contributed by atoms with E-state index in [0.29, 0.717) is 6.54 Å². The lowest BCUT2D eigenvalue weighted by molar-refractivity contribution is -0.116. The van der Waals surface area contributed by atoms with Gasteiger partial charge in [-0.2, -0.15) is 0 Å². The largest absolute Gasteiger partial charge is 0.385 e. The number of nitrogens with one attached hydrogen (secondary N) is 2. The highest BCUT2D eigenvalue weighted by atomic mass is 19.1. The zero-order valence-electron chi connectivity index (χ0n) is 12.5. The summed E-state index contributed by atoms with van der Waals surface area (Å²) in [6.07, 6.45) is 0.184. The van der Waals surface area contributed by atoms with E-state index >= 15 is 0 Å². The molecule has 0 radical (unpaired) electrons. The molecule has 5 heteroatoms. The molecule has 0 fully saturated rings. The molecule has 22 heavy (non-hydrogen) atoms. The van der Waals surface area contributed by atoms with E-state index in [9.17, 15) is 13.6 Å². The molecule has 0 unspecified atom stereocenters. The summed E-state index contributed by atoms with van der Waals surface area (Å²) in [7, 11) is 0. The van der Waals surface area contributed by atoms with Crippen LogP contribution in [0.2, 0.25) is 0 Å². The van der Waals surface area contributed by atoms with Crippen LogP contribution >= 0.6 is 0 Å². The highest BCUT2D eigenvalue weighted by Crippen LogP contribution is 2.16. The van der Waals surface area contributed by atoms with Gasteiger partial charge in [-0.15, -0.1) is 0 Å². The van der Waals surface area contributed by atoms with Gasteiger partial charge >= 0.3 is 0 Å². The first kappa shape index (κ1) is 15.9.